The van der Waals surface area contributed by atoms with Gasteiger partial charge in [0, 0.05) is 55.8 Å². The summed E-state index contributed by atoms with van der Waals surface area (Å²) in [6, 6.07) is 104. The van der Waals surface area contributed by atoms with Crippen LogP contribution in [0.1, 0.15) is 86.1 Å². The van der Waals surface area contributed by atoms with Gasteiger partial charge in [0.25, 0.3) is 0 Å². The second-order valence-electron chi connectivity index (χ2n) is 26.7. The average Bonchev–Trinajstić information content (AvgIpc) is 1.52. The van der Waals surface area contributed by atoms with E-state index in [1.165, 1.54) is 128 Å². The summed E-state index contributed by atoms with van der Waals surface area (Å²) in [6.45, 7) is 0. The van der Waals surface area contributed by atoms with Gasteiger partial charge in [0.15, 0.2) is 11.6 Å². The molecule has 3 aromatic heterocycles. The summed E-state index contributed by atoms with van der Waals surface area (Å²) in [4.78, 5) is 20.2. The minimum Gasteiger partial charge on any atom is -0.331 e. The van der Waals surface area contributed by atoms with E-state index >= 15 is 0 Å². The zero-order valence-corrected chi connectivity index (χ0v) is 51.6. The number of nitrogens with zero attached hydrogens (tertiary/aromatic N) is 6. The van der Waals surface area contributed by atoms with E-state index in [-0.39, 0.29) is 12.0 Å². The van der Waals surface area contributed by atoms with E-state index in [4.69, 9.17) is 15.0 Å². The molecule has 442 valence electrons. The monoisotopic (exact) mass is 1210 g/mol. The number of aromatic nitrogens is 5. The molecule has 0 saturated carbocycles. The Bertz CT molecular complexity index is 5970. The number of allylic oxidation sites excluding steroid dienone is 4. The first-order valence-electron chi connectivity index (χ1n) is 33.4. The molecule has 1 aliphatic heterocycles. The Morgan fingerprint density at radius 1 is 0.368 bits per heavy atom. The average molecular weight is 1210 g/mol. The molecule has 6 aliphatic carbocycles. The zero-order valence-electron chi connectivity index (χ0n) is 51.6. The Labute approximate surface area is 549 Å². The third-order valence-corrected chi connectivity index (χ3v) is 22.4. The number of hydrogen-bond donors (Lipinski definition) is 0. The molecule has 0 saturated heterocycles. The van der Waals surface area contributed by atoms with Crippen molar-refractivity contribution in [3.05, 3.63) is 364 Å². The molecular formula is C89H56N6. The van der Waals surface area contributed by atoms with Crippen LogP contribution in [0.3, 0.4) is 0 Å². The molecule has 95 heavy (non-hydrogen) atoms. The van der Waals surface area contributed by atoms with Gasteiger partial charge in [0.1, 0.15) is 0 Å². The Kier molecular flexibility index (Phi) is 10.2. The summed E-state index contributed by atoms with van der Waals surface area (Å²) in [5.74, 6) is 1.87. The van der Waals surface area contributed by atoms with E-state index in [2.05, 4.69) is 317 Å². The molecule has 0 N–H and O–H groups in total. The Balaban J connectivity index is 0.808. The summed E-state index contributed by atoms with van der Waals surface area (Å²) in [5.41, 5.74) is 31.8. The van der Waals surface area contributed by atoms with Gasteiger partial charge in [-0.3, -0.25) is 4.57 Å². The highest BCUT2D eigenvalue weighted by Gasteiger charge is 2.54. The normalized spacial score (nSPS) is 19.0. The summed E-state index contributed by atoms with van der Waals surface area (Å²) >= 11 is 0. The molecule has 2 spiro atoms. The van der Waals surface area contributed by atoms with Crippen LogP contribution in [0.15, 0.2) is 303 Å². The van der Waals surface area contributed by atoms with Crippen molar-refractivity contribution >= 4 is 55.7 Å². The number of para-hydroxylation sites is 5. The van der Waals surface area contributed by atoms with Crippen molar-refractivity contribution in [2.45, 2.75) is 35.6 Å². The fourth-order valence-corrected chi connectivity index (χ4v) is 18.9. The van der Waals surface area contributed by atoms with E-state index < -0.39 is 10.8 Å². The Morgan fingerprint density at radius 2 is 0.863 bits per heavy atom. The zero-order chi connectivity index (χ0) is 61.8. The van der Waals surface area contributed by atoms with E-state index in [1.54, 1.807) is 0 Å². The van der Waals surface area contributed by atoms with Gasteiger partial charge in [-0.1, -0.05) is 243 Å². The Hall–Kier alpha value is -12.0. The largest absolute Gasteiger partial charge is 0.331 e. The first kappa shape index (κ1) is 51.6. The third-order valence-electron chi connectivity index (χ3n) is 22.4. The van der Waals surface area contributed by atoms with E-state index in [0.717, 1.165) is 51.9 Å². The second-order valence-corrected chi connectivity index (χ2v) is 26.7. The second kappa shape index (κ2) is 18.8. The van der Waals surface area contributed by atoms with E-state index in [1.807, 2.05) is 0 Å². The summed E-state index contributed by atoms with van der Waals surface area (Å²) in [5, 5.41) is 3.64. The quantitative estimate of drug-likeness (QED) is 0.172. The maximum absolute atomic E-state index is 5.91. The maximum Gasteiger partial charge on any atom is 0.238 e. The lowest BCUT2D eigenvalue weighted by Gasteiger charge is -2.33. The maximum atomic E-state index is 5.91. The number of benzene rings is 12. The van der Waals surface area contributed by atoms with Gasteiger partial charge in [-0.2, -0.15) is 9.97 Å². The van der Waals surface area contributed by atoms with Gasteiger partial charge < -0.3 is 9.47 Å². The van der Waals surface area contributed by atoms with Crippen molar-refractivity contribution in [3.63, 3.8) is 0 Å². The lowest BCUT2D eigenvalue weighted by Crippen LogP contribution is -2.27. The van der Waals surface area contributed by atoms with E-state index in [0.29, 0.717) is 17.6 Å². The molecule has 4 heterocycles. The number of fused-ring (bicyclic) bond motifs is 29. The van der Waals surface area contributed by atoms with Crippen LogP contribution in [0.2, 0.25) is 0 Å². The third kappa shape index (κ3) is 6.55. The molecule has 6 nitrogen and oxygen atoms in total. The number of rotatable bonds is 5. The molecule has 0 fully saturated rings. The molecule has 4 unspecified atom stereocenters. The molecule has 12 aromatic carbocycles. The number of anilines is 2. The topological polar surface area (TPSA) is 51.8 Å². The van der Waals surface area contributed by atoms with Gasteiger partial charge in [-0.25, -0.2) is 4.98 Å². The van der Waals surface area contributed by atoms with Crippen molar-refractivity contribution < 1.29 is 0 Å². The van der Waals surface area contributed by atoms with Crippen LogP contribution in [-0.2, 0) is 10.8 Å². The van der Waals surface area contributed by atoms with Crippen LogP contribution < -0.4 is 4.90 Å². The summed E-state index contributed by atoms with van der Waals surface area (Å²) in [7, 11) is 0. The van der Waals surface area contributed by atoms with Gasteiger partial charge in [-0.15, -0.1) is 0 Å². The smallest absolute Gasteiger partial charge is 0.238 e. The van der Waals surface area contributed by atoms with E-state index in [9.17, 15) is 0 Å². The van der Waals surface area contributed by atoms with Crippen molar-refractivity contribution in [2.24, 2.45) is 0 Å². The molecule has 0 bridgehead atoms. The van der Waals surface area contributed by atoms with Gasteiger partial charge in [-0.05, 0) is 168 Å². The highest BCUT2D eigenvalue weighted by Crippen LogP contribution is 2.66. The van der Waals surface area contributed by atoms with Crippen LogP contribution in [0, 0.1) is 0 Å². The van der Waals surface area contributed by atoms with Gasteiger partial charge >= 0.3 is 0 Å². The van der Waals surface area contributed by atoms with Gasteiger partial charge in [0.2, 0.25) is 5.95 Å². The SMILES string of the molecule is C1=CC2=C(CC1)c1ccccc1C21c2ccccc2-c2ccc(-c3nc(-c4ccc5c(c4)C4(c6ccccc6-5)c5ccccc5-c5ccc(-n6c7ccccc7c7ccccc76)cc54)nc(-n4c5c(c6ccccc64)C=CC4c6ccccc6N(c6ccccc6)C54)n3)cc21. The van der Waals surface area contributed by atoms with Crippen molar-refractivity contribution in [2.75, 3.05) is 4.90 Å². The molecule has 4 atom stereocenters. The minimum absolute atomic E-state index is 0.0572. The highest BCUT2D eigenvalue weighted by atomic mass is 15.3. The molecule has 0 amide bonds. The fourth-order valence-electron chi connectivity index (χ4n) is 18.9. The minimum atomic E-state index is -0.682. The first-order chi connectivity index (χ1) is 47.1. The van der Waals surface area contributed by atoms with Crippen molar-refractivity contribution in [1.82, 2.24) is 24.1 Å². The molecule has 0 radical (unpaired) electrons. The molecular weight excluding hydrogens is 1150 g/mol. The molecule has 6 heteroatoms. The standard InChI is InChI=1S/C89H56N6/c1-2-22-55(23-3-1)94-81-40-20-11-31-67(81)69-48-49-70-68-32-12-21-41-82(68)95(84(70)83(69)94)87-91-85(53-42-45-62-59-26-6-15-35-73(59)88(76(62)50-53)71-33-13-4-24-57(71)58-25-5-14-34-72(58)88)90-86(92-87)54-43-46-63-60-27-7-16-36-74(60)89(77(63)51-54)75-37-17-8-28-61(75)64-47-44-56(52-78(64)89)93-79-38-18-9-29-65(79)66-30-10-19-39-80(66)93/h1-4,6-24,26-52,69,83H,5,25H2. The van der Waals surface area contributed by atoms with Crippen LogP contribution in [0.25, 0.3) is 112 Å². The lowest BCUT2D eigenvalue weighted by atomic mass is 9.69. The highest BCUT2D eigenvalue weighted by molar-refractivity contribution is 6.10. The number of hydrogen-bond acceptors (Lipinski definition) is 4. The van der Waals surface area contributed by atoms with Crippen LogP contribution in [0.5, 0.6) is 0 Å². The summed E-state index contributed by atoms with van der Waals surface area (Å²) in [6.07, 6.45) is 11.7. The van der Waals surface area contributed by atoms with Crippen LogP contribution >= 0.6 is 0 Å². The lowest BCUT2D eigenvalue weighted by molar-refractivity contribution is 0.630. The van der Waals surface area contributed by atoms with Gasteiger partial charge in [0.05, 0.1) is 39.1 Å². The Morgan fingerprint density at radius 3 is 1.52 bits per heavy atom. The van der Waals surface area contributed by atoms with Crippen molar-refractivity contribution in [3.8, 4) is 67.8 Å². The van der Waals surface area contributed by atoms with Crippen LogP contribution in [0.4, 0.5) is 11.4 Å². The predicted octanol–water partition coefficient (Wildman–Crippen LogP) is 21.0. The first-order valence-corrected chi connectivity index (χ1v) is 33.4. The fraction of sp³-hybridized carbons (Fsp3) is 0.0674. The van der Waals surface area contributed by atoms with Crippen LogP contribution in [-0.4, -0.2) is 24.1 Å². The predicted molar refractivity (Wildman–Crippen MR) is 385 cm³/mol. The molecule has 7 aliphatic rings. The molecule has 22 rings (SSSR count). The summed E-state index contributed by atoms with van der Waals surface area (Å²) < 4.78 is 4.86. The van der Waals surface area contributed by atoms with Crippen molar-refractivity contribution in [1.29, 1.82) is 0 Å². The molecule has 15 aromatic rings.